The Morgan fingerprint density at radius 3 is 2.71 bits per heavy atom. The Bertz CT molecular complexity index is 368. The number of nitrogens with zero attached hydrogens (tertiary/aromatic N) is 2. The summed E-state index contributed by atoms with van der Waals surface area (Å²) in [6.45, 7) is 2.04. The lowest BCUT2D eigenvalue weighted by Gasteiger charge is -2.11. The molecule has 1 atom stereocenters. The summed E-state index contributed by atoms with van der Waals surface area (Å²) in [6.07, 6.45) is 1.51. The van der Waals surface area contributed by atoms with E-state index in [-0.39, 0.29) is 6.04 Å². The number of benzene rings is 1. The molecule has 1 aromatic heterocycles. The molecule has 1 unspecified atom stereocenters. The van der Waals surface area contributed by atoms with Gasteiger partial charge in [-0.3, -0.25) is 5.10 Å². The molecule has 0 aliphatic heterocycles. The lowest BCUT2D eigenvalue weighted by molar-refractivity contribution is 0.796. The number of hydrogen-bond acceptors (Lipinski definition) is 3. The first-order chi connectivity index (χ1) is 6.86. The van der Waals surface area contributed by atoms with Gasteiger partial charge in [0.25, 0.3) is 0 Å². The topological polar surface area (TPSA) is 53.6 Å². The molecule has 2 aromatic rings. The third kappa shape index (κ3) is 1.90. The Kier molecular flexibility index (Phi) is 2.44. The first-order valence-electron chi connectivity index (χ1n) is 4.53. The van der Waals surface area contributed by atoms with Crippen LogP contribution in [0.15, 0.2) is 36.7 Å². The minimum Gasteiger partial charge on any atom is -0.375 e. The molecule has 0 saturated heterocycles. The molecular formula is C10H12N4. The zero-order valence-corrected chi connectivity index (χ0v) is 7.94. The van der Waals surface area contributed by atoms with E-state index in [1.165, 1.54) is 6.33 Å². The highest BCUT2D eigenvalue weighted by Gasteiger charge is 2.06. The molecule has 1 heterocycles. The van der Waals surface area contributed by atoms with Gasteiger partial charge in [0, 0.05) is 5.69 Å². The average molecular weight is 188 g/mol. The number of H-pyrrole nitrogens is 1. The molecule has 4 heteroatoms. The van der Waals surface area contributed by atoms with Crippen LogP contribution in [0.2, 0.25) is 0 Å². The number of hydrogen-bond donors (Lipinski definition) is 2. The summed E-state index contributed by atoms with van der Waals surface area (Å²) in [7, 11) is 0. The molecule has 2 N–H and O–H groups in total. The van der Waals surface area contributed by atoms with Crippen molar-refractivity contribution in [3.8, 4) is 0 Å². The number of rotatable bonds is 3. The summed E-state index contributed by atoms with van der Waals surface area (Å²) in [5, 5.41) is 9.95. The van der Waals surface area contributed by atoms with Crippen molar-refractivity contribution in [3.63, 3.8) is 0 Å². The predicted molar refractivity (Wildman–Crippen MR) is 54.9 cm³/mol. The molecule has 4 nitrogen and oxygen atoms in total. The molecule has 1 aromatic carbocycles. The summed E-state index contributed by atoms with van der Waals surface area (Å²) in [5.74, 6) is 0.842. The minimum atomic E-state index is 0.139. The molecule has 0 fully saturated rings. The molecule has 0 amide bonds. The SMILES string of the molecule is CC(Nc1ccccc1)c1ncn[nH]1. The van der Waals surface area contributed by atoms with Crippen molar-refractivity contribution >= 4 is 5.69 Å². The Balaban J connectivity index is 2.06. The maximum Gasteiger partial charge on any atom is 0.146 e. The fourth-order valence-corrected chi connectivity index (χ4v) is 1.28. The van der Waals surface area contributed by atoms with E-state index in [2.05, 4.69) is 20.5 Å². The number of anilines is 1. The van der Waals surface area contributed by atoms with Crippen molar-refractivity contribution in [1.82, 2.24) is 15.2 Å². The van der Waals surface area contributed by atoms with Crippen molar-refractivity contribution in [1.29, 1.82) is 0 Å². The van der Waals surface area contributed by atoms with E-state index in [4.69, 9.17) is 0 Å². The van der Waals surface area contributed by atoms with Gasteiger partial charge in [-0.25, -0.2) is 4.98 Å². The number of para-hydroxylation sites is 1. The van der Waals surface area contributed by atoms with E-state index in [1.807, 2.05) is 37.3 Å². The van der Waals surface area contributed by atoms with Gasteiger partial charge in [-0.15, -0.1) is 0 Å². The van der Waals surface area contributed by atoms with Crippen LogP contribution in [0.25, 0.3) is 0 Å². The van der Waals surface area contributed by atoms with Crippen molar-refractivity contribution in [2.45, 2.75) is 13.0 Å². The lowest BCUT2D eigenvalue weighted by atomic mass is 10.2. The van der Waals surface area contributed by atoms with Gasteiger partial charge in [0.05, 0.1) is 6.04 Å². The van der Waals surface area contributed by atoms with Crippen LogP contribution >= 0.6 is 0 Å². The van der Waals surface area contributed by atoms with E-state index >= 15 is 0 Å². The largest absolute Gasteiger partial charge is 0.375 e. The van der Waals surface area contributed by atoms with E-state index < -0.39 is 0 Å². The monoisotopic (exact) mass is 188 g/mol. The normalized spacial score (nSPS) is 12.4. The third-order valence-electron chi connectivity index (χ3n) is 2.00. The second-order valence-corrected chi connectivity index (χ2v) is 3.10. The van der Waals surface area contributed by atoms with Gasteiger partial charge in [0.15, 0.2) is 0 Å². The molecule has 14 heavy (non-hydrogen) atoms. The Morgan fingerprint density at radius 1 is 1.29 bits per heavy atom. The standard InChI is InChI=1S/C10H12N4/c1-8(10-11-7-12-14-10)13-9-5-3-2-4-6-9/h2-8,13H,1H3,(H,11,12,14). The van der Waals surface area contributed by atoms with Crippen molar-refractivity contribution < 1.29 is 0 Å². The van der Waals surface area contributed by atoms with Crippen LogP contribution in [0.1, 0.15) is 18.8 Å². The van der Waals surface area contributed by atoms with Crippen LogP contribution in [0, 0.1) is 0 Å². The summed E-state index contributed by atoms with van der Waals surface area (Å²) in [4.78, 5) is 4.08. The number of nitrogens with one attached hydrogen (secondary N) is 2. The smallest absolute Gasteiger partial charge is 0.146 e. The van der Waals surface area contributed by atoms with E-state index in [0.29, 0.717) is 0 Å². The lowest BCUT2D eigenvalue weighted by Crippen LogP contribution is -2.08. The quantitative estimate of drug-likeness (QED) is 0.774. The maximum absolute atomic E-state index is 4.08. The van der Waals surface area contributed by atoms with Gasteiger partial charge < -0.3 is 5.32 Å². The molecular weight excluding hydrogens is 176 g/mol. The summed E-state index contributed by atoms with van der Waals surface area (Å²) < 4.78 is 0. The van der Waals surface area contributed by atoms with Crippen molar-refractivity contribution in [2.75, 3.05) is 5.32 Å². The predicted octanol–water partition coefficient (Wildman–Crippen LogP) is 1.98. The van der Waals surface area contributed by atoms with Gasteiger partial charge >= 0.3 is 0 Å². The van der Waals surface area contributed by atoms with Crippen LogP contribution in [0.4, 0.5) is 5.69 Å². The molecule has 0 spiro atoms. The van der Waals surface area contributed by atoms with Gasteiger partial charge in [-0.2, -0.15) is 5.10 Å². The molecule has 0 saturated carbocycles. The first-order valence-corrected chi connectivity index (χ1v) is 4.53. The highest BCUT2D eigenvalue weighted by atomic mass is 15.2. The van der Waals surface area contributed by atoms with Crippen LogP contribution in [0.5, 0.6) is 0 Å². The van der Waals surface area contributed by atoms with E-state index in [1.54, 1.807) is 0 Å². The molecule has 0 aliphatic rings. The fraction of sp³-hybridized carbons (Fsp3) is 0.200. The third-order valence-corrected chi connectivity index (χ3v) is 2.00. The van der Waals surface area contributed by atoms with E-state index in [9.17, 15) is 0 Å². The van der Waals surface area contributed by atoms with E-state index in [0.717, 1.165) is 11.5 Å². The van der Waals surface area contributed by atoms with Crippen molar-refractivity contribution in [2.24, 2.45) is 0 Å². The summed E-state index contributed by atoms with van der Waals surface area (Å²) in [5.41, 5.74) is 1.08. The molecule has 72 valence electrons. The Morgan fingerprint density at radius 2 is 2.07 bits per heavy atom. The second-order valence-electron chi connectivity index (χ2n) is 3.10. The van der Waals surface area contributed by atoms with Crippen LogP contribution in [0.3, 0.4) is 0 Å². The maximum atomic E-state index is 4.08. The highest BCUT2D eigenvalue weighted by Crippen LogP contribution is 2.14. The zero-order chi connectivity index (χ0) is 9.80. The van der Waals surface area contributed by atoms with Crippen LogP contribution in [-0.2, 0) is 0 Å². The van der Waals surface area contributed by atoms with Gasteiger partial charge in [0.1, 0.15) is 12.2 Å². The number of aromatic amines is 1. The molecule has 0 radical (unpaired) electrons. The summed E-state index contributed by atoms with van der Waals surface area (Å²) >= 11 is 0. The summed E-state index contributed by atoms with van der Waals surface area (Å²) in [6, 6.07) is 10.2. The Hall–Kier alpha value is -1.84. The number of aromatic nitrogens is 3. The van der Waals surface area contributed by atoms with Gasteiger partial charge in [-0.05, 0) is 19.1 Å². The van der Waals surface area contributed by atoms with Crippen LogP contribution < -0.4 is 5.32 Å². The van der Waals surface area contributed by atoms with Crippen LogP contribution in [-0.4, -0.2) is 15.2 Å². The zero-order valence-electron chi connectivity index (χ0n) is 7.94. The molecule has 0 bridgehead atoms. The molecule has 0 aliphatic carbocycles. The highest BCUT2D eigenvalue weighted by molar-refractivity contribution is 5.43. The van der Waals surface area contributed by atoms with Crippen molar-refractivity contribution in [3.05, 3.63) is 42.5 Å². The fourth-order valence-electron chi connectivity index (χ4n) is 1.28. The molecule has 2 rings (SSSR count). The Labute approximate surface area is 82.4 Å². The average Bonchev–Trinajstić information content (AvgIpc) is 2.72. The van der Waals surface area contributed by atoms with Gasteiger partial charge in [0.2, 0.25) is 0 Å². The second kappa shape index (κ2) is 3.91. The van der Waals surface area contributed by atoms with Gasteiger partial charge in [-0.1, -0.05) is 18.2 Å². The first kappa shape index (κ1) is 8.74. The minimum absolute atomic E-state index is 0.139.